The molecule has 1 unspecified atom stereocenters. The maximum absolute atomic E-state index is 12.1. The van der Waals surface area contributed by atoms with Crippen molar-refractivity contribution in [1.82, 2.24) is 9.88 Å². The van der Waals surface area contributed by atoms with E-state index in [-0.39, 0.29) is 17.9 Å². The summed E-state index contributed by atoms with van der Waals surface area (Å²) in [5.74, 6) is -0.119. The highest BCUT2D eigenvalue weighted by atomic mass is 16.6. The first-order chi connectivity index (χ1) is 9.66. The minimum Gasteiger partial charge on any atom is -0.388 e. The lowest BCUT2D eigenvalue weighted by Gasteiger charge is -2.25. The molecule has 1 aromatic rings. The van der Waals surface area contributed by atoms with Gasteiger partial charge in [0.1, 0.15) is 5.69 Å². The Labute approximate surface area is 124 Å². The monoisotopic (exact) mass is 297 g/mol. The van der Waals surface area contributed by atoms with Gasteiger partial charge in [0.25, 0.3) is 11.6 Å². The number of nitrogens with zero attached hydrogens (tertiary/aromatic N) is 2. The van der Waals surface area contributed by atoms with Gasteiger partial charge in [-0.3, -0.25) is 14.9 Å². The van der Waals surface area contributed by atoms with Crippen LogP contribution < -0.4 is 5.32 Å². The minimum absolute atomic E-state index is 0.104. The molecule has 0 aromatic carbocycles. The Morgan fingerprint density at radius 3 is 2.67 bits per heavy atom. The van der Waals surface area contributed by atoms with Gasteiger partial charge in [-0.25, -0.2) is 0 Å². The Hall–Kier alpha value is -1.89. The average Bonchev–Trinajstić information content (AvgIpc) is 2.78. The molecule has 0 radical (unpaired) electrons. The summed E-state index contributed by atoms with van der Waals surface area (Å²) in [6.07, 6.45) is 1.89. The number of aliphatic hydroxyl groups is 1. The number of nitrogens with one attached hydrogen (secondary N) is 1. The van der Waals surface area contributed by atoms with Crippen molar-refractivity contribution in [3.8, 4) is 0 Å². The summed E-state index contributed by atoms with van der Waals surface area (Å²) < 4.78 is 1.52. The van der Waals surface area contributed by atoms with Crippen molar-refractivity contribution in [2.45, 2.75) is 46.3 Å². The molecule has 1 atom stereocenters. The molecule has 2 N–H and O–H groups in total. The molecule has 1 rings (SSSR count). The first-order valence-electron chi connectivity index (χ1n) is 7.01. The van der Waals surface area contributed by atoms with Gasteiger partial charge in [-0.15, -0.1) is 0 Å². The van der Waals surface area contributed by atoms with Crippen LogP contribution >= 0.6 is 0 Å². The van der Waals surface area contributed by atoms with Crippen molar-refractivity contribution < 1.29 is 14.8 Å². The molecule has 7 heteroatoms. The van der Waals surface area contributed by atoms with Crippen LogP contribution in [-0.4, -0.2) is 32.6 Å². The van der Waals surface area contributed by atoms with Crippen LogP contribution in [0.5, 0.6) is 0 Å². The maximum Gasteiger partial charge on any atom is 0.287 e. The number of aryl methyl sites for hydroxylation is 1. The number of nitro groups is 1. The quantitative estimate of drug-likeness (QED) is 0.593. The van der Waals surface area contributed by atoms with Crippen LogP contribution in [0.3, 0.4) is 0 Å². The van der Waals surface area contributed by atoms with Crippen molar-refractivity contribution >= 4 is 11.6 Å². The molecule has 7 nitrogen and oxygen atoms in total. The van der Waals surface area contributed by atoms with Crippen LogP contribution in [0.25, 0.3) is 0 Å². The molecule has 118 valence electrons. The van der Waals surface area contributed by atoms with Gasteiger partial charge in [-0.05, 0) is 26.2 Å². The van der Waals surface area contributed by atoms with E-state index >= 15 is 0 Å². The highest BCUT2D eigenvalue weighted by Crippen LogP contribution is 2.18. The molecule has 0 fully saturated rings. The molecular weight excluding hydrogens is 274 g/mol. The zero-order valence-corrected chi connectivity index (χ0v) is 12.9. The van der Waals surface area contributed by atoms with E-state index in [0.29, 0.717) is 18.9 Å². The summed E-state index contributed by atoms with van der Waals surface area (Å²) in [5, 5.41) is 23.6. The van der Waals surface area contributed by atoms with E-state index in [1.54, 1.807) is 13.8 Å². The van der Waals surface area contributed by atoms with Crippen molar-refractivity contribution in [3.05, 3.63) is 28.1 Å². The zero-order valence-electron chi connectivity index (χ0n) is 12.9. The third-order valence-corrected chi connectivity index (χ3v) is 3.14. The van der Waals surface area contributed by atoms with Gasteiger partial charge >= 0.3 is 0 Å². The number of carbonyl (C=O) groups is 1. The third kappa shape index (κ3) is 4.86. The molecule has 1 amide bonds. The lowest BCUT2D eigenvalue weighted by atomic mass is 9.94. The zero-order chi connectivity index (χ0) is 16.2. The molecule has 1 aromatic heterocycles. The predicted molar refractivity (Wildman–Crippen MR) is 79.2 cm³/mol. The smallest absolute Gasteiger partial charge is 0.287 e. The molecule has 0 saturated carbocycles. The normalized spacial score (nSPS) is 14.0. The third-order valence-electron chi connectivity index (χ3n) is 3.14. The van der Waals surface area contributed by atoms with E-state index in [2.05, 4.69) is 5.32 Å². The minimum atomic E-state index is -1.00. The molecular formula is C14H23N3O4. The lowest BCUT2D eigenvalue weighted by Crippen LogP contribution is -2.41. The number of amides is 1. The topological polar surface area (TPSA) is 97.4 Å². The molecule has 0 bridgehead atoms. The summed E-state index contributed by atoms with van der Waals surface area (Å²) >= 11 is 0. The van der Waals surface area contributed by atoms with Crippen molar-refractivity contribution in [3.63, 3.8) is 0 Å². The van der Waals surface area contributed by atoms with Crippen LogP contribution in [-0.2, 0) is 6.54 Å². The summed E-state index contributed by atoms with van der Waals surface area (Å²) in [5.41, 5.74) is -0.889. The van der Waals surface area contributed by atoms with Crippen molar-refractivity contribution in [1.29, 1.82) is 0 Å². The van der Waals surface area contributed by atoms with E-state index in [9.17, 15) is 20.0 Å². The first-order valence-corrected chi connectivity index (χ1v) is 7.01. The molecule has 21 heavy (non-hydrogen) atoms. The maximum atomic E-state index is 12.1. The number of aromatic nitrogens is 1. The number of hydrogen-bond donors (Lipinski definition) is 2. The second kappa shape index (κ2) is 6.71. The Balaban J connectivity index is 2.78. The number of hydrogen-bond acceptors (Lipinski definition) is 4. The second-order valence-electron chi connectivity index (χ2n) is 5.90. The van der Waals surface area contributed by atoms with Crippen LogP contribution in [0, 0.1) is 16.0 Å². The molecule has 0 spiro atoms. The van der Waals surface area contributed by atoms with Gasteiger partial charge in [0.15, 0.2) is 0 Å². The Morgan fingerprint density at radius 2 is 2.19 bits per heavy atom. The summed E-state index contributed by atoms with van der Waals surface area (Å²) in [6.45, 7) is 8.00. The summed E-state index contributed by atoms with van der Waals surface area (Å²) in [7, 11) is 0. The number of carbonyl (C=O) groups excluding carboxylic acids is 1. The van der Waals surface area contributed by atoms with Crippen LogP contribution in [0.4, 0.5) is 5.69 Å². The van der Waals surface area contributed by atoms with Gasteiger partial charge in [0.05, 0.1) is 16.7 Å². The Kier molecular flexibility index (Phi) is 5.48. The van der Waals surface area contributed by atoms with E-state index in [1.807, 2.05) is 13.8 Å². The molecule has 0 aliphatic heterocycles. The molecule has 0 saturated heterocycles. The van der Waals surface area contributed by atoms with Crippen LogP contribution in [0.15, 0.2) is 12.3 Å². The van der Waals surface area contributed by atoms with E-state index in [0.717, 1.165) is 0 Å². The Morgan fingerprint density at radius 1 is 1.57 bits per heavy atom. The van der Waals surface area contributed by atoms with E-state index < -0.39 is 16.4 Å². The largest absolute Gasteiger partial charge is 0.388 e. The summed E-state index contributed by atoms with van der Waals surface area (Å²) in [6, 6.07) is 1.25. The highest BCUT2D eigenvalue weighted by Gasteiger charge is 2.24. The Bertz CT molecular complexity index is 520. The highest BCUT2D eigenvalue weighted by molar-refractivity contribution is 5.93. The fourth-order valence-electron chi connectivity index (χ4n) is 2.36. The number of rotatable bonds is 7. The predicted octanol–water partition coefficient (Wildman–Crippen LogP) is 1.94. The fourth-order valence-corrected chi connectivity index (χ4v) is 2.36. The molecule has 1 heterocycles. The lowest BCUT2D eigenvalue weighted by molar-refractivity contribution is -0.384. The van der Waals surface area contributed by atoms with Gasteiger partial charge in [0, 0.05) is 19.2 Å². The van der Waals surface area contributed by atoms with Gasteiger partial charge in [0.2, 0.25) is 0 Å². The van der Waals surface area contributed by atoms with Crippen molar-refractivity contribution in [2.75, 3.05) is 6.54 Å². The molecule has 0 aliphatic carbocycles. The average molecular weight is 297 g/mol. The van der Waals surface area contributed by atoms with Crippen molar-refractivity contribution in [2.24, 2.45) is 5.92 Å². The van der Waals surface area contributed by atoms with Gasteiger partial charge in [-0.2, -0.15) is 0 Å². The SMILES string of the molecule is CCn1cc([N+](=O)[O-])cc1C(=O)NCC(C)(O)CC(C)C. The molecule has 0 aliphatic rings. The van der Waals surface area contributed by atoms with Crippen LogP contribution in [0.1, 0.15) is 44.6 Å². The van der Waals surface area contributed by atoms with Crippen LogP contribution in [0.2, 0.25) is 0 Å². The van der Waals surface area contributed by atoms with Gasteiger partial charge < -0.3 is 15.0 Å². The fraction of sp³-hybridized carbons (Fsp3) is 0.643. The van der Waals surface area contributed by atoms with E-state index in [1.165, 1.54) is 16.8 Å². The standard InChI is InChI=1S/C14H23N3O4/c1-5-16-8-11(17(20)21)6-12(16)13(18)15-9-14(4,19)7-10(2)3/h6,8,10,19H,5,7,9H2,1-4H3,(H,15,18). The summed E-state index contributed by atoms with van der Waals surface area (Å²) in [4.78, 5) is 22.4. The van der Waals surface area contributed by atoms with Gasteiger partial charge in [-0.1, -0.05) is 13.8 Å². The first kappa shape index (κ1) is 17.2. The second-order valence-corrected chi connectivity index (χ2v) is 5.90. The van der Waals surface area contributed by atoms with E-state index in [4.69, 9.17) is 0 Å².